The predicted octanol–water partition coefficient (Wildman–Crippen LogP) is 3.90. The lowest BCUT2D eigenvalue weighted by Gasteiger charge is -2.25. The molecule has 0 aliphatic heterocycles. The second kappa shape index (κ2) is 9.28. The number of thiophene rings is 1. The van der Waals surface area contributed by atoms with Crippen molar-refractivity contribution in [3.05, 3.63) is 62.7 Å². The molecular weight excluding hydrogens is 352 g/mol. The van der Waals surface area contributed by atoms with Gasteiger partial charge in [-0.2, -0.15) is 0 Å². The van der Waals surface area contributed by atoms with Crippen molar-refractivity contribution in [2.24, 2.45) is 5.11 Å². The second-order valence-electron chi connectivity index (χ2n) is 5.23. The smallest absolute Gasteiger partial charge is 0.328 e. The third-order valence-corrected chi connectivity index (χ3v) is 4.44. The summed E-state index contributed by atoms with van der Waals surface area (Å²) in [4.78, 5) is 29.3. The van der Waals surface area contributed by atoms with Gasteiger partial charge in [0.15, 0.2) is 0 Å². The number of rotatable bonds is 7. The van der Waals surface area contributed by atoms with Gasteiger partial charge in [0.1, 0.15) is 17.5 Å². The molecule has 0 spiro atoms. The predicted molar refractivity (Wildman–Crippen MR) is 98.7 cm³/mol. The van der Waals surface area contributed by atoms with E-state index in [-0.39, 0.29) is 23.7 Å². The normalized spacial score (nSPS) is 10.9. The van der Waals surface area contributed by atoms with Gasteiger partial charge in [0.05, 0.1) is 12.2 Å². The number of nitrogens with zero attached hydrogens (tertiary/aromatic N) is 4. The van der Waals surface area contributed by atoms with Gasteiger partial charge >= 0.3 is 5.97 Å². The van der Waals surface area contributed by atoms with Crippen LogP contribution in [0.4, 0.5) is 5.69 Å². The minimum absolute atomic E-state index is 0.0754. The number of hydrogen-bond donors (Lipinski definition) is 0. The summed E-state index contributed by atoms with van der Waals surface area (Å²) in [6.45, 7) is 1.57. The molecule has 7 nitrogen and oxygen atoms in total. The Kier molecular flexibility index (Phi) is 6.80. The Morgan fingerprint density at radius 1 is 1.38 bits per heavy atom. The number of azide groups is 1. The number of carbonyl (C=O) groups excluding carboxylic acids is 2. The standard InChI is InChI=1S/C18H16N4O3S/c1-3-10-22(17(23)16-15(20-21-19)9-11-26-16)13(2)18(24)25-12-14-7-5-4-6-8-14/h1,4-9,11,13H,10,12H2,2H3/t13-/m0/s1. The van der Waals surface area contributed by atoms with E-state index in [1.54, 1.807) is 12.3 Å². The Bertz CT molecular complexity index is 866. The number of hydrogen-bond acceptors (Lipinski definition) is 5. The van der Waals surface area contributed by atoms with Crippen LogP contribution in [-0.2, 0) is 16.1 Å². The summed E-state index contributed by atoms with van der Waals surface area (Å²) < 4.78 is 5.28. The van der Waals surface area contributed by atoms with Crippen LogP contribution in [0.3, 0.4) is 0 Å². The van der Waals surface area contributed by atoms with Crippen LogP contribution in [0.15, 0.2) is 46.9 Å². The van der Waals surface area contributed by atoms with Crippen molar-refractivity contribution in [1.82, 2.24) is 4.90 Å². The van der Waals surface area contributed by atoms with Crippen LogP contribution in [-0.4, -0.2) is 29.4 Å². The third kappa shape index (κ3) is 4.63. The van der Waals surface area contributed by atoms with Gasteiger partial charge in [-0.05, 0) is 29.5 Å². The van der Waals surface area contributed by atoms with E-state index in [1.165, 1.54) is 11.0 Å². The van der Waals surface area contributed by atoms with Gasteiger partial charge in [-0.1, -0.05) is 41.4 Å². The second-order valence-corrected chi connectivity index (χ2v) is 6.15. The van der Waals surface area contributed by atoms with Gasteiger partial charge in [0.25, 0.3) is 5.91 Å². The summed E-state index contributed by atoms with van der Waals surface area (Å²) in [7, 11) is 0. The molecule has 0 aliphatic rings. The van der Waals surface area contributed by atoms with Crippen LogP contribution >= 0.6 is 11.3 Å². The molecule has 0 saturated carbocycles. The molecule has 1 aromatic heterocycles. The van der Waals surface area contributed by atoms with Crippen LogP contribution in [0.1, 0.15) is 22.2 Å². The van der Waals surface area contributed by atoms with E-state index in [9.17, 15) is 9.59 Å². The fourth-order valence-electron chi connectivity index (χ4n) is 2.18. The van der Waals surface area contributed by atoms with Gasteiger partial charge in [0.2, 0.25) is 0 Å². The van der Waals surface area contributed by atoms with Crippen molar-refractivity contribution in [3.63, 3.8) is 0 Å². The minimum Gasteiger partial charge on any atom is -0.459 e. The van der Waals surface area contributed by atoms with Gasteiger partial charge in [-0.15, -0.1) is 17.8 Å². The molecular formula is C18H16N4O3S. The van der Waals surface area contributed by atoms with Crippen molar-refractivity contribution in [3.8, 4) is 12.3 Å². The van der Waals surface area contributed by atoms with Crippen molar-refractivity contribution in [2.45, 2.75) is 19.6 Å². The van der Waals surface area contributed by atoms with Crippen molar-refractivity contribution in [2.75, 3.05) is 6.54 Å². The summed E-state index contributed by atoms with van der Waals surface area (Å²) in [6, 6.07) is 9.86. The van der Waals surface area contributed by atoms with Crippen LogP contribution in [0, 0.1) is 12.3 Å². The fourth-order valence-corrected chi connectivity index (χ4v) is 2.96. The molecule has 0 aliphatic carbocycles. The van der Waals surface area contributed by atoms with Gasteiger partial charge in [-0.25, -0.2) is 4.79 Å². The molecule has 0 radical (unpaired) electrons. The third-order valence-electron chi connectivity index (χ3n) is 3.55. The lowest BCUT2D eigenvalue weighted by atomic mass is 10.2. The number of carbonyl (C=O) groups is 2. The summed E-state index contributed by atoms with van der Waals surface area (Å²) in [6.07, 6.45) is 5.35. The van der Waals surface area contributed by atoms with E-state index in [0.29, 0.717) is 0 Å². The zero-order valence-electron chi connectivity index (χ0n) is 14.0. The van der Waals surface area contributed by atoms with Crippen LogP contribution in [0.2, 0.25) is 0 Å². The number of terminal acetylenes is 1. The Balaban J connectivity index is 2.13. The molecule has 0 fully saturated rings. The molecule has 26 heavy (non-hydrogen) atoms. The Morgan fingerprint density at radius 2 is 2.12 bits per heavy atom. The molecule has 132 valence electrons. The van der Waals surface area contributed by atoms with Crippen molar-refractivity contribution >= 4 is 28.9 Å². The average Bonchev–Trinajstić information content (AvgIpc) is 3.12. The van der Waals surface area contributed by atoms with E-state index >= 15 is 0 Å². The summed E-state index contributed by atoms with van der Waals surface area (Å²) in [5.74, 6) is 1.32. The number of esters is 1. The topological polar surface area (TPSA) is 95.4 Å². The van der Waals surface area contributed by atoms with Crippen molar-refractivity contribution in [1.29, 1.82) is 0 Å². The maximum Gasteiger partial charge on any atom is 0.328 e. The van der Waals surface area contributed by atoms with Crippen molar-refractivity contribution < 1.29 is 14.3 Å². The first kappa shape index (κ1) is 19.1. The zero-order chi connectivity index (χ0) is 18.9. The van der Waals surface area contributed by atoms with Gasteiger partial charge in [-0.3, -0.25) is 4.79 Å². The summed E-state index contributed by atoms with van der Waals surface area (Å²) in [5, 5.41) is 5.11. The van der Waals surface area contributed by atoms with Crippen LogP contribution < -0.4 is 0 Å². The molecule has 1 heterocycles. The molecule has 0 saturated heterocycles. The molecule has 1 aromatic carbocycles. The fraction of sp³-hybridized carbons (Fsp3) is 0.222. The molecule has 0 N–H and O–H groups in total. The highest BCUT2D eigenvalue weighted by molar-refractivity contribution is 7.12. The van der Waals surface area contributed by atoms with Crippen LogP contribution in [0.5, 0.6) is 0 Å². The highest BCUT2D eigenvalue weighted by Gasteiger charge is 2.29. The van der Waals surface area contributed by atoms with E-state index in [1.807, 2.05) is 30.3 Å². The molecule has 1 amide bonds. The molecule has 2 aromatic rings. The lowest BCUT2D eigenvalue weighted by Crippen LogP contribution is -2.44. The first-order valence-corrected chi connectivity index (χ1v) is 8.54. The minimum atomic E-state index is -0.886. The van der Waals surface area contributed by atoms with E-state index in [2.05, 4.69) is 15.9 Å². The Morgan fingerprint density at radius 3 is 2.77 bits per heavy atom. The van der Waals surface area contributed by atoms with E-state index in [4.69, 9.17) is 16.7 Å². The molecule has 2 rings (SSSR count). The molecule has 1 atom stereocenters. The maximum absolute atomic E-state index is 12.8. The van der Waals surface area contributed by atoms with Crippen LogP contribution in [0.25, 0.3) is 10.4 Å². The molecule has 0 bridgehead atoms. The molecule has 0 unspecified atom stereocenters. The van der Waals surface area contributed by atoms with Gasteiger partial charge in [0, 0.05) is 4.91 Å². The quantitative estimate of drug-likeness (QED) is 0.244. The highest BCUT2D eigenvalue weighted by atomic mass is 32.1. The number of benzene rings is 1. The summed E-state index contributed by atoms with van der Waals surface area (Å²) in [5.41, 5.74) is 9.64. The summed E-state index contributed by atoms with van der Waals surface area (Å²) >= 11 is 1.11. The van der Waals surface area contributed by atoms with E-state index in [0.717, 1.165) is 16.9 Å². The Hall–Kier alpha value is -3.27. The SMILES string of the molecule is C#CCN(C(=O)c1sccc1N=[N+]=[N-])[C@@H](C)C(=O)OCc1ccccc1. The first-order chi connectivity index (χ1) is 12.6. The van der Waals surface area contributed by atoms with Gasteiger partial charge < -0.3 is 9.64 Å². The highest BCUT2D eigenvalue weighted by Crippen LogP contribution is 2.27. The molecule has 8 heteroatoms. The maximum atomic E-state index is 12.8. The Labute approximate surface area is 154 Å². The zero-order valence-corrected chi connectivity index (χ0v) is 14.8. The monoisotopic (exact) mass is 368 g/mol. The number of ether oxygens (including phenoxy) is 1. The average molecular weight is 368 g/mol. The van der Waals surface area contributed by atoms with E-state index < -0.39 is 17.9 Å². The largest absolute Gasteiger partial charge is 0.459 e. The first-order valence-electron chi connectivity index (χ1n) is 7.66. The lowest BCUT2D eigenvalue weighted by molar-refractivity contribution is -0.149. The number of amides is 1.